The smallest absolute Gasteiger partial charge is 0.251 e. The molecule has 3 heteroatoms. The molecule has 1 aromatic carbocycles. The molecule has 0 spiro atoms. The molecule has 0 aliphatic heterocycles. The van der Waals surface area contributed by atoms with E-state index in [4.69, 9.17) is 0 Å². The van der Waals surface area contributed by atoms with Crippen LogP contribution < -0.4 is 5.32 Å². The Bertz CT molecular complexity index is 432. The van der Waals surface area contributed by atoms with E-state index in [0.717, 1.165) is 21.5 Å². The zero-order valence-electron chi connectivity index (χ0n) is 10.9. The highest BCUT2D eigenvalue weighted by atomic mass is 127. The highest BCUT2D eigenvalue weighted by molar-refractivity contribution is 14.1. The third-order valence-corrected chi connectivity index (χ3v) is 4.51. The van der Waals surface area contributed by atoms with Crippen molar-refractivity contribution in [2.24, 2.45) is 11.8 Å². The van der Waals surface area contributed by atoms with Crippen LogP contribution in [-0.4, -0.2) is 11.9 Å². The Morgan fingerprint density at radius 2 is 2.11 bits per heavy atom. The van der Waals surface area contributed by atoms with Gasteiger partial charge in [-0.25, -0.2) is 0 Å². The second-order valence-electron chi connectivity index (χ2n) is 5.49. The van der Waals surface area contributed by atoms with E-state index in [9.17, 15) is 4.79 Å². The average molecular weight is 357 g/mol. The van der Waals surface area contributed by atoms with Crippen LogP contribution in [0.5, 0.6) is 0 Å². The Labute approximate surface area is 123 Å². The van der Waals surface area contributed by atoms with Crippen LogP contribution in [-0.2, 0) is 0 Å². The minimum atomic E-state index is 0.0694. The van der Waals surface area contributed by atoms with Gasteiger partial charge < -0.3 is 5.32 Å². The molecular weight excluding hydrogens is 337 g/mol. The monoisotopic (exact) mass is 357 g/mol. The molecule has 0 aromatic heterocycles. The van der Waals surface area contributed by atoms with Crippen LogP contribution in [0.25, 0.3) is 0 Å². The zero-order chi connectivity index (χ0) is 13.1. The first-order valence-corrected chi connectivity index (χ1v) is 7.70. The Morgan fingerprint density at radius 1 is 1.33 bits per heavy atom. The molecule has 1 amide bonds. The second-order valence-corrected chi connectivity index (χ2v) is 6.73. The van der Waals surface area contributed by atoms with E-state index in [1.165, 1.54) is 12.8 Å². The first-order valence-electron chi connectivity index (χ1n) is 6.62. The van der Waals surface area contributed by atoms with Gasteiger partial charge in [0.25, 0.3) is 5.91 Å². The number of hydrogen-bond donors (Lipinski definition) is 1. The molecular formula is C15H20INO. The van der Waals surface area contributed by atoms with E-state index in [0.29, 0.717) is 12.0 Å². The summed E-state index contributed by atoms with van der Waals surface area (Å²) in [6.07, 6.45) is 3.55. The van der Waals surface area contributed by atoms with Crippen LogP contribution in [0.1, 0.15) is 43.5 Å². The van der Waals surface area contributed by atoms with Gasteiger partial charge in [-0.15, -0.1) is 0 Å². The summed E-state index contributed by atoms with van der Waals surface area (Å²) in [4.78, 5) is 12.2. The fraction of sp³-hybridized carbons (Fsp3) is 0.533. The number of hydrogen-bond acceptors (Lipinski definition) is 1. The lowest BCUT2D eigenvalue weighted by atomic mass is 9.80. The summed E-state index contributed by atoms with van der Waals surface area (Å²) in [5.74, 6) is 1.45. The number of halogens is 1. The van der Waals surface area contributed by atoms with Gasteiger partial charge in [0.1, 0.15) is 0 Å². The molecule has 98 valence electrons. The lowest BCUT2D eigenvalue weighted by Crippen LogP contribution is -2.42. The van der Waals surface area contributed by atoms with Crippen molar-refractivity contribution in [1.29, 1.82) is 0 Å². The molecule has 0 saturated heterocycles. The topological polar surface area (TPSA) is 29.1 Å². The van der Waals surface area contributed by atoms with Crippen LogP contribution in [0, 0.1) is 15.4 Å². The molecule has 1 saturated carbocycles. The largest absolute Gasteiger partial charge is 0.349 e. The fourth-order valence-corrected chi connectivity index (χ4v) is 3.30. The predicted octanol–water partition coefficient (Wildman–Crippen LogP) is 3.85. The predicted molar refractivity (Wildman–Crippen MR) is 82.6 cm³/mol. The molecule has 18 heavy (non-hydrogen) atoms. The van der Waals surface area contributed by atoms with Crippen LogP contribution in [0.3, 0.4) is 0 Å². The molecule has 3 atom stereocenters. The van der Waals surface area contributed by atoms with Crippen molar-refractivity contribution in [2.45, 2.75) is 39.2 Å². The van der Waals surface area contributed by atoms with Crippen LogP contribution in [0.15, 0.2) is 24.3 Å². The zero-order valence-corrected chi connectivity index (χ0v) is 13.1. The maximum atomic E-state index is 12.2. The molecule has 2 rings (SSSR count). The molecule has 1 aromatic rings. The normalized spacial score (nSPS) is 27.8. The number of rotatable bonds is 2. The Kier molecular flexibility index (Phi) is 4.65. The van der Waals surface area contributed by atoms with Crippen molar-refractivity contribution in [1.82, 2.24) is 5.32 Å². The third kappa shape index (κ3) is 3.46. The minimum absolute atomic E-state index is 0.0694. The van der Waals surface area contributed by atoms with Gasteiger partial charge in [0, 0.05) is 15.2 Å². The van der Waals surface area contributed by atoms with E-state index >= 15 is 0 Å². The lowest BCUT2D eigenvalue weighted by molar-refractivity contribution is 0.0899. The van der Waals surface area contributed by atoms with Crippen LogP contribution in [0.2, 0.25) is 0 Å². The summed E-state index contributed by atoms with van der Waals surface area (Å²) in [6, 6.07) is 8.09. The molecule has 0 bridgehead atoms. The maximum absolute atomic E-state index is 12.2. The van der Waals surface area contributed by atoms with E-state index in [-0.39, 0.29) is 5.91 Å². The Hall–Kier alpha value is -0.580. The number of amides is 1. The van der Waals surface area contributed by atoms with Gasteiger partial charge in [-0.1, -0.05) is 19.9 Å². The Morgan fingerprint density at radius 3 is 2.78 bits per heavy atom. The van der Waals surface area contributed by atoms with Gasteiger partial charge in [-0.3, -0.25) is 4.79 Å². The van der Waals surface area contributed by atoms with E-state index in [1.807, 2.05) is 24.3 Å². The van der Waals surface area contributed by atoms with Crippen molar-refractivity contribution in [3.05, 3.63) is 33.4 Å². The summed E-state index contributed by atoms with van der Waals surface area (Å²) in [5, 5.41) is 3.19. The summed E-state index contributed by atoms with van der Waals surface area (Å²) in [6.45, 7) is 4.55. The quantitative estimate of drug-likeness (QED) is 0.801. The van der Waals surface area contributed by atoms with Crippen molar-refractivity contribution >= 4 is 28.5 Å². The third-order valence-electron chi connectivity index (χ3n) is 3.83. The summed E-state index contributed by atoms with van der Waals surface area (Å²) in [7, 11) is 0. The number of nitrogens with one attached hydrogen (secondary N) is 1. The minimum Gasteiger partial charge on any atom is -0.349 e. The molecule has 2 nitrogen and oxygen atoms in total. The van der Waals surface area contributed by atoms with Gasteiger partial charge in [0.15, 0.2) is 0 Å². The summed E-state index contributed by atoms with van der Waals surface area (Å²) < 4.78 is 1.10. The first kappa shape index (κ1) is 13.8. The number of carbonyl (C=O) groups excluding carboxylic acids is 1. The molecule has 1 aliphatic rings. The van der Waals surface area contributed by atoms with Gasteiger partial charge in [-0.05, 0) is 71.9 Å². The van der Waals surface area contributed by atoms with Crippen molar-refractivity contribution < 1.29 is 4.79 Å². The van der Waals surface area contributed by atoms with E-state index in [1.54, 1.807) is 0 Å². The lowest BCUT2D eigenvalue weighted by Gasteiger charge is -2.33. The maximum Gasteiger partial charge on any atom is 0.251 e. The van der Waals surface area contributed by atoms with Crippen molar-refractivity contribution in [3.8, 4) is 0 Å². The van der Waals surface area contributed by atoms with Gasteiger partial charge >= 0.3 is 0 Å². The average Bonchev–Trinajstić information content (AvgIpc) is 2.32. The molecule has 1 fully saturated rings. The fourth-order valence-electron chi connectivity index (χ4n) is 2.76. The molecule has 0 radical (unpaired) electrons. The molecule has 1 aliphatic carbocycles. The molecule has 0 heterocycles. The molecule has 3 unspecified atom stereocenters. The highest BCUT2D eigenvalue weighted by Crippen LogP contribution is 2.28. The van der Waals surface area contributed by atoms with E-state index in [2.05, 4.69) is 41.8 Å². The summed E-state index contributed by atoms with van der Waals surface area (Å²) >= 11 is 2.24. The first-order chi connectivity index (χ1) is 8.56. The van der Waals surface area contributed by atoms with Crippen molar-refractivity contribution in [3.63, 3.8) is 0 Å². The standard InChI is InChI=1S/C15H20INO/c1-10-6-7-14(11(2)8-10)17-15(18)12-4-3-5-13(16)9-12/h3-5,9-11,14H,6-8H2,1-2H3,(H,17,18). The van der Waals surface area contributed by atoms with Crippen molar-refractivity contribution in [2.75, 3.05) is 0 Å². The molecule has 1 N–H and O–H groups in total. The number of benzene rings is 1. The van der Waals surface area contributed by atoms with Gasteiger partial charge in [0.05, 0.1) is 0 Å². The summed E-state index contributed by atoms with van der Waals surface area (Å²) in [5.41, 5.74) is 0.771. The van der Waals surface area contributed by atoms with E-state index < -0.39 is 0 Å². The van der Waals surface area contributed by atoms with Gasteiger partial charge in [-0.2, -0.15) is 0 Å². The number of carbonyl (C=O) groups is 1. The second kappa shape index (κ2) is 6.04. The Balaban J connectivity index is 1.99. The van der Waals surface area contributed by atoms with Crippen LogP contribution >= 0.6 is 22.6 Å². The van der Waals surface area contributed by atoms with Crippen LogP contribution in [0.4, 0.5) is 0 Å². The SMILES string of the molecule is CC1CCC(NC(=O)c2cccc(I)c2)C(C)C1. The van der Waals surface area contributed by atoms with Gasteiger partial charge in [0.2, 0.25) is 0 Å². The highest BCUT2D eigenvalue weighted by Gasteiger charge is 2.26.